The minimum atomic E-state index is -0.495. The van der Waals surface area contributed by atoms with Gasteiger partial charge in [-0.3, -0.25) is 4.79 Å². The number of nitrogens with one attached hydrogen (secondary N) is 1. The monoisotopic (exact) mass is 407 g/mol. The molecule has 2 amide bonds. The van der Waals surface area contributed by atoms with E-state index in [1.54, 1.807) is 0 Å². The van der Waals surface area contributed by atoms with E-state index >= 15 is 0 Å². The molecule has 0 bridgehead atoms. The molecule has 7 heteroatoms. The topological polar surface area (TPSA) is 93.9 Å². The number of anilines is 1. The van der Waals surface area contributed by atoms with Crippen LogP contribution in [-0.4, -0.2) is 43.8 Å². The first-order valence-electron chi connectivity index (χ1n) is 10.3. The van der Waals surface area contributed by atoms with Crippen molar-refractivity contribution < 1.29 is 19.1 Å². The van der Waals surface area contributed by atoms with Crippen molar-refractivity contribution in [1.82, 2.24) is 5.32 Å². The van der Waals surface area contributed by atoms with Gasteiger partial charge in [0.05, 0.1) is 6.61 Å². The Hall–Kier alpha value is -2.28. The number of para-hydroxylation sites is 1. The summed E-state index contributed by atoms with van der Waals surface area (Å²) < 4.78 is 11.0. The standard InChI is InChI=1S/C22H37N3O4/c1-6-25(14-8-12-19(23)26)20-17(2)10-7-11-18(20)16-28-15-9-13-24-21(27)29-22(3,4)5/h7,10-11H,6,8-9,12-16H2,1-5H3,(H2,23,26)(H,24,27). The summed E-state index contributed by atoms with van der Waals surface area (Å²) in [5.74, 6) is -0.269. The van der Waals surface area contributed by atoms with Crippen molar-refractivity contribution in [2.75, 3.05) is 31.1 Å². The van der Waals surface area contributed by atoms with Crippen LogP contribution in [0.3, 0.4) is 0 Å². The summed E-state index contributed by atoms with van der Waals surface area (Å²) >= 11 is 0. The third kappa shape index (κ3) is 10.2. The van der Waals surface area contributed by atoms with Gasteiger partial charge < -0.3 is 25.4 Å². The normalized spacial score (nSPS) is 11.2. The van der Waals surface area contributed by atoms with Crippen LogP contribution in [0.5, 0.6) is 0 Å². The number of alkyl carbamates (subject to hydrolysis) is 1. The molecule has 1 aromatic carbocycles. The van der Waals surface area contributed by atoms with E-state index in [0.29, 0.717) is 32.6 Å². The van der Waals surface area contributed by atoms with Gasteiger partial charge in [-0.15, -0.1) is 0 Å². The highest BCUT2D eigenvalue weighted by molar-refractivity contribution is 5.73. The summed E-state index contributed by atoms with van der Waals surface area (Å²) in [7, 11) is 0. The maximum atomic E-state index is 11.6. The molecule has 1 aromatic rings. The van der Waals surface area contributed by atoms with Crippen molar-refractivity contribution in [3.8, 4) is 0 Å². The number of carbonyl (C=O) groups excluding carboxylic acids is 2. The van der Waals surface area contributed by atoms with E-state index in [1.165, 1.54) is 5.56 Å². The highest BCUT2D eigenvalue weighted by atomic mass is 16.6. The van der Waals surface area contributed by atoms with E-state index in [4.69, 9.17) is 15.2 Å². The Kier molecular flexibility index (Phi) is 10.5. The van der Waals surface area contributed by atoms with Gasteiger partial charge in [0.1, 0.15) is 5.60 Å². The van der Waals surface area contributed by atoms with Crippen LogP contribution in [0.1, 0.15) is 58.1 Å². The number of hydrogen-bond acceptors (Lipinski definition) is 5. The highest BCUT2D eigenvalue weighted by Gasteiger charge is 2.15. The molecule has 0 atom stereocenters. The van der Waals surface area contributed by atoms with Crippen molar-refractivity contribution >= 4 is 17.7 Å². The Morgan fingerprint density at radius 1 is 1.21 bits per heavy atom. The van der Waals surface area contributed by atoms with Crippen molar-refractivity contribution in [2.24, 2.45) is 5.73 Å². The lowest BCUT2D eigenvalue weighted by Crippen LogP contribution is -2.33. The fourth-order valence-corrected chi connectivity index (χ4v) is 3.02. The Balaban J connectivity index is 2.51. The van der Waals surface area contributed by atoms with E-state index in [9.17, 15) is 9.59 Å². The average molecular weight is 408 g/mol. The van der Waals surface area contributed by atoms with Gasteiger partial charge in [0.15, 0.2) is 0 Å². The Morgan fingerprint density at radius 2 is 1.93 bits per heavy atom. The van der Waals surface area contributed by atoms with Crippen LogP contribution < -0.4 is 16.0 Å². The van der Waals surface area contributed by atoms with Gasteiger partial charge in [0, 0.05) is 43.9 Å². The Bertz CT molecular complexity index is 656. The summed E-state index contributed by atoms with van der Waals surface area (Å²) in [6.45, 7) is 12.8. The van der Waals surface area contributed by atoms with Gasteiger partial charge >= 0.3 is 6.09 Å². The fraction of sp³-hybridized carbons (Fsp3) is 0.636. The first kappa shape index (κ1) is 24.8. The molecule has 29 heavy (non-hydrogen) atoms. The lowest BCUT2D eigenvalue weighted by atomic mass is 10.1. The van der Waals surface area contributed by atoms with Crippen LogP contribution in [-0.2, 0) is 20.9 Å². The second-order valence-corrected chi connectivity index (χ2v) is 8.07. The maximum Gasteiger partial charge on any atom is 0.407 e. The van der Waals surface area contributed by atoms with Gasteiger partial charge in [-0.25, -0.2) is 4.79 Å². The summed E-state index contributed by atoms with van der Waals surface area (Å²) in [5, 5.41) is 2.73. The van der Waals surface area contributed by atoms with Crippen LogP contribution in [0.4, 0.5) is 10.5 Å². The average Bonchev–Trinajstić information content (AvgIpc) is 2.61. The third-order valence-corrected chi connectivity index (χ3v) is 4.26. The molecule has 0 saturated carbocycles. The smallest absolute Gasteiger partial charge is 0.407 e. The van der Waals surface area contributed by atoms with E-state index in [1.807, 2.05) is 26.8 Å². The molecular formula is C22H37N3O4. The molecule has 7 nitrogen and oxygen atoms in total. The van der Waals surface area contributed by atoms with E-state index in [-0.39, 0.29) is 5.91 Å². The highest BCUT2D eigenvalue weighted by Crippen LogP contribution is 2.26. The van der Waals surface area contributed by atoms with Gasteiger partial charge in [0.25, 0.3) is 0 Å². The van der Waals surface area contributed by atoms with E-state index < -0.39 is 11.7 Å². The van der Waals surface area contributed by atoms with Crippen molar-refractivity contribution in [2.45, 2.75) is 66.1 Å². The number of hydrogen-bond donors (Lipinski definition) is 2. The molecule has 0 heterocycles. The molecule has 3 N–H and O–H groups in total. The van der Waals surface area contributed by atoms with Gasteiger partial charge in [-0.05, 0) is 53.0 Å². The second kappa shape index (κ2) is 12.3. The van der Waals surface area contributed by atoms with Gasteiger partial charge in [0.2, 0.25) is 5.91 Å². The number of rotatable bonds is 12. The molecule has 0 spiro atoms. The van der Waals surface area contributed by atoms with Crippen LogP contribution in [0, 0.1) is 6.92 Å². The number of aryl methyl sites for hydroxylation is 1. The molecule has 0 unspecified atom stereocenters. The predicted molar refractivity (Wildman–Crippen MR) is 116 cm³/mol. The molecule has 164 valence electrons. The lowest BCUT2D eigenvalue weighted by Gasteiger charge is -2.27. The molecule has 0 aliphatic rings. The zero-order valence-corrected chi connectivity index (χ0v) is 18.5. The van der Waals surface area contributed by atoms with Crippen LogP contribution in [0.2, 0.25) is 0 Å². The largest absolute Gasteiger partial charge is 0.444 e. The number of benzene rings is 1. The molecule has 0 radical (unpaired) electrons. The Labute approximate surface area is 174 Å². The predicted octanol–water partition coefficient (Wildman–Crippen LogP) is 3.52. The summed E-state index contributed by atoms with van der Waals surface area (Å²) in [5.41, 5.74) is 8.22. The van der Waals surface area contributed by atoms with Crippen molar-refractivity contribution in [3.63, 3.8) is 0 Å². The van der Waals surface area contributed by atoms with Crippen LogP contribution in [0.25, 0.3) is 0 Å². The molecule has 0 aromatic heterocycles. The summed E-state index contributed by atoms with van der Waals surface area (Å²) in [4.78, 5) is 24.9. The zero-order chi connectivity index (χ0) is 21.9. The Morgan fingerprint density at radius 3 is 2.55 bits per heavy atom. The molecule has 0 fully saturated rings. The SMILES string of the molecule is CCN(CCCC(N)=O)c1c(C)cccc1COCCCNC(=O)OC(C)(C)C. The molecule has 1 rings (SSSR count). The van der Waals surface area contributed by atoms with E-state index in [2.05, 4.69) is 36.2 Å². The third-order valence-electron chi connectivity index (χ3n) is 4.26. The molecule has 0 aliphatic heterocycles. The lowest BCUT2D eigenvalue weighted by molar-refractivity contribution is -0.118. The fourth-order valence-electron chi connectivity index (χ4n) is 3.02. The van der Waals surface area contributed by atoms with Crippen LogP contribution >= 0.6 is 0 Å². The maximum absolute atomic E-state index is 11.6. The number of carbonyl (C=O) groups is 2. The minimum Gasteiger partial charge on any atom is -0.444 e. The van der Waals surface area contributed by atoms with Crippen LogP contribution in [0.15, 0.2) is 18.2 Å². The first-order chi connectivity index (χ1) is 13.6. The summed E-state index contributed by atoms with van der Waals surface area (Å²) in [6.07, 6.45) is 1.41. The number of amides is 2. The van der Waals surface area contributed by atoms with Crippen molar-refractivity contribution in [1.29, 1.82) is 0 Å². The zero-order valence-electron chi connectivity index (χ0n) is 18.5. The van der Waals surface area contributed by atoms with E-state index in [0.717, 1.165) is 30.8 Å². The van der Waals surface area contributed by atoms with Gasteiger partial charge in [-0.2, -0.15) is 0 Å². The number of primary amides is 1. The van der Waals surface area contributed by atoms with Gasteiger partial charge in [-0.1, -0.05) is 18.2 Å². The quantitative estimate of drug-likeness (QED) is 0.517. The van der Waals surface area contributed by atoms with Crippen molar-refractivity contribution in [3.05, 3.63) is 29.3 Å². The molecular weight excluding hydrogens is 370 g/mol. The first-order valence-corrected chi connectivity index (χ1v) is 10.3. The minimum absolute atomic E-state index is 0.269. The number of nitrogens with zero attached hydrogens (tertiary/aromatic N) is 1. The number of nitrogens with two attached hydrogens (primary N) is 1. The molecule has 0 aliphatic carbocycles. The number of ether oxygens (including phenoxy) is 2. The summed E-state index contributed by atoms with van der Waals surface area (Å²) in [6, 6.07) is 6.18. The molecule has 0 saturated heterocycles. The second-order valence-electron chi connectivity index (χ2n) is 8.07.